The van der Waals surface area contributed by atoms with Gasteiger partial charge in [0.15, 0.2) is 5.78 Å². The second-order valence-corrected chi connectivity index (χ2v) is 11.4. The Labute approximate surface area is 272 Å². The Hall–Kier alpha value is -5.12. The van der Waals surface area contributed by atoms with Crippen LogP contribution >= 0.6 is 11.3 Å². The summed E-state index contributed by atoms with van der Waals surface area (Å²) in [6, 6.07) is 28.8. The Bertz CT molecular complexity index is 1780. The van der Waals surface area contributed by atoms with E-state index in [0.29, 0.717) is 47.4 Å². The summed E-state index contributed by atoms with van der Waals surface area (Å²) >= 11 is 1.51. The SMILES string of the molecule is C=CC(=O)COCCCOc1ccc(C(=O)Oc2ccc(-c3ccc(CCC)cc3)cc2/C=N/Nc2nc3ccccc3s2)cc1. The van der Waals surface area contributed by atoms with Crippen LogP contribution in [0.1, 0.15) is 41.3 Å². The molecule has 0 aliphatic carbocycles. The van der Waals surface area contributed by atoms with Gasteiger partial charge in [0, 0.05) is 12.0 Å². The molecular weight excluding hydrogens is 598 g/mol. The van der Waals surface area contributed by atoms with Crippen LogP contribution in [-0.4, -0.2) is 42.8 Å². The van der Waals surface area contributed by atoms with E-state index < -0.39 is 5.97 Å². The van der Waals surface area contributed by atoms with Gasteiger partial charge in [0.2, 0.25) is 5.13 Å². The lowest BCUT2D eigenvalue weighted by molar-refractivity contribution is -0.119. The number of ether oxygens (including phenoxy) is 3. The highest BCUT2D eigenvalue weighted by molar-refractivity contribution is 7.22. The molecule has 0 aliphatic rings. The van der Waals surface area contributed by atoms with Crippen molar-refractivity contribution < 1.29 is 23.8 Å². The maximum absolute atomic E-state index is 13.2. The molecule has 0 saturated heterocycles. The van der Waals surface area contributed by atoms with E-state index in [-0.39, 0.29) is 12.4 Å². The van der Waals surface area contributed by atoms with Crippen molar-refractivity contribution in [1.82, 2.24) is 4.98 Å². The number of anilines is 1. The van der Waals surface area contributed by atoms with Crippen LogP contribution in [0.3, 0.4) is 0 Å². The molecule has 0 amide bonds. The van der Waals surface area contributed by atoms with Crippen molar-refractivity contribution in [3.8, 4) is 22.6 Å². The molecule has 0 unspecified atom stereocenters. The zero-order valence-corrected chi connectivity index (χ0v) is 26.4. The van der Waals surface area contributed by atoms with Gasteiger partial charge in [-0.3, -0.25) is 10.2 Å². The number of para-hydroxylation sites is 1. The number of esters is 1. The number of nitrogens with one attached hydrogen (secondary N) is 1. The smallest absolute Gasteiger partial charge is 0.343 e. The third kappa shape index (κ3) is 8.97. The van der Waals surface area contributed by atoms with Crippen molar-refractivity contribution >= 4 is 44.7 Å². The van der Waals surface area contributed by atoms with Gasteiger partial charge in [-0.25, -0.2) is 9.78 Å². The van der Waals surface area contributed by atoms with Gasteiger partial charge in [-0.15, -0.1) is 0 Å². The average molecular weight is 634 g/mol. The van der Waals surface area contributed by atoms with Crippen molar-refractivity contribution in [2.24, 2.45) is 5.10 Å². The number of rotatable bonds is 16. The molecule has 1 N–H and O–H groups in total. The van der Waals surface area contributed by atoms with Gasteiger partial charge in [-0.1, -0.05) is 73.7 Å². The third-order valence-corrected chi connectivity index (χ3v) is 7.90. The van der Waals surface area contributed by atoms with Gasteiger partial charge in [-0.05, 0) is 77.7 Å². The predicted molar refractivity (Wildman–Crippen MR) is 184 cm³/mol. The fourth-order valence-corrected chi connectivity index (χ4v) is 5.40. The van der Waals surface area contributed by atoms with E-state index in [0.717, 1.165) is 34.2 Å². The zero-order valence-electron chi connectivity index (χ0n) is 25.6. The minimum atomic E-state index is -0.503. The summed E-state index contributed by atoms with van der Waals surface area (Å²) in [6.45, 7) is 6.41. The molecule has 5 aromatic rings. The van der Waals surface area contributed by atoms with Gasteiger partial charge in [-0.2, -0.15) is 5.10 Å². The van der Waals surface area contributed by atoms with Crippen LogP contribution in [0, 0.1) is 0 Å². The number of ketones is 1. The first-order valence-corrected chi connectivity index (χ1v) is 15.9. The first kappa shape index (κ1) is 32.3. The number of hydrazone groups is 1. The lowest BCUT2D eigenvalue weighted by atomic mass is 10.0. The summed E-state index contributed by atoms with van der Waals surface area (Å²) in [5.41, 5.74) is 8.25. The summed E-state index contributed by atoms with van der Waals surface area (Å²) in [7, 11) is 0. The maximum Gasteiger partial charge on any atom is 0.343 e. The minimum Gasteiger partial charge on any atom is -0.494 e. The van der Waals surface area contributed by atoms with Gasteiger partial charge in [0.25, 0.3) is 0 Å². The lowest BCUT2D eigenvalue weighted by Gasteiger charge is -2.11. The average Bonchev–Trinajstić information content (AvgIpc) is 3.50. The number of hydrogen-bond acceptors (Lipinski definition) is 9. The summed E-state index contributed by atoms with van der Waals surface area (Å²) < 4.78 is 17.9. The Morgan fingerprint density at radius 1 is 0.957 bits per heavy atom. The number of aryl methyl sites for hydroxylation is 1. The van der Waals surface area contributed by atoms with E-state index in [9.17, 15) is 9.59 Å². The number of thiazole rings is 1. The highest BCUT2D eigenvalue weighted by Gasteiger charge is 2.13. The molecule has 1 heterocycles. The fourth-order valence-electron chi connectivity index (χ4n) is 4.58. The number of carbonyl (C=O) groups excluding carboxylic acids is 2. The van der Waals surface area contributed by atoms with Gasteiger partial charge >= 0.3 is 5.97 Å². The molecular formula is C37H35N3O5S. The lowest BCUT2D eigenvalue weighted by Crippen LogP contribution is -2.10. The van der Waals surface area contributed by atoms with E-state index in [1.165, 1.54) is 23.0 Å². The second-order valence-electron chi connectivity index (χ2n) is 10.4. The Morgan fingerprint density at radius 3 is 2.50 bits per heavy atom. The fraction of sp³-hybridized carbons (Fsp3) is 0.189. The zero-order chi connectivity index (χ0) is 32.1. The number of carbonyl (C=O) groups is 2. The first-order valence-electron chi connectivity index (χ1n) is 15.1. The van der Waals surface area contributed by atoms with Crippen LogP contribution < -0.4 is 14.9 Å². The standard InChI is InChI=1S/C37H35N3O5S/c1-3-8-26-11-13-27(14-12-26)29-17-20-34(30(23-29)24-38-40-37-39-33-9-5-6-10-35(33)46-37)45-36(42)28-15-18-32(19-16-28)44-22-7-21-43-25-31(41)4-2/h4-6,9-20,23-24H,2-3,7-8,21-22,25H2,1H3,(H,39,40)/b38-24+. The van der Waals surface area contributed by atoms with Gasteiger partial charge in [0.1, 0.15) is 18.1 Å². The topological polar surface area (TPSA) is 99.1 Å². The summed E-state index contributed by atoms with van der Waals surface area (Å²) in [6.07, 6.45) is 5.62. The highest BCUT2D eigenvalue weighted by Crippen LogP contribution is 2.28. The molecule has 1 aromatic heterocycles. The number of nitrogens with zero attached hydrogens (tertiary/aromatic N) is 2. The number of fused-ring (bicyclic) bond motifs is 1. The van der Waals surface area contributed by atoms with Crippen molar-refractivity contribution in [2.75, 3.05) is 25.2 Å². The molecule has 0 aliphatic heterocycles. The molecule has 0 bridgehead atoms. The minimum absolute atomic E-state index is 0.0163. The van der Waals surface area contributed by atoms with Crippen LogP contribution in [0.5, 0.6) is 11.5 Å². The molecule has 0 fully saturated rings. The van der Waals surface area contributed by atoms with E-state index in [1.807, 2.05) is 36.4 Å². The van der Waals surface area contributed by atoms with Crippen molar-refractivity contribution in [2.45, 2.75) is 26.2 Å². The predicted octanol–water partition coefficient (Wildman–Crippen LogP) is 8.12. The number of benzene rings is 4. The quantitative estimate of drug-likeness (QED) is 0.0293. The van der Waals surface area contributed by atoms with E-state index in [2.05, 4.69) is 53.3 Å². The Morgan fingerprint density at radius 2 is 1.74 bits per heavy atom. The molecule has 0 radical (unpaired) electrons. The highest BCUT2D eigenvalue weighted by atomic mass is 32.1. The Kier molecular flexibility index (Phi) is 11.4. The van der Waals surface area contributed by atoms with Crippen LogP contribution in [0.25, 0.3) is 21.3 Å². The van der Waals surface area contributed by atoms with Crippen LogP contribution in [0.4, 0.5) is 5.13 Å². The van der Waals surface area contributed by atoms with Crippen LogP contribution in [-0.2, 0) is 16.0 Å². The molecule has 0 atom stereocenters. The summed E-state index contributed by atoms with van der Waals surface area (Å²) in [5, 5.41) is 5.09. The largest absolute Gasteiger partial charge is 0.494 e. The molecule has 46 heavy (non-hydrogen) atoms. The molecule has 4 aromatic carbocycles. The number of hydrogen-bond donors (Lipinski definition) is 1. The summed E-state index contributed by atoms with van der Waals surface area (Å²) in [4.78, 5) is 28.9. The maximum atomic E-state index is 13.2. The normalized spacial score (nSPS) is 11.1. The molecule has 5 rings (SSSR count). The van der Waals surface area contributed by atoms with Crippen molar-refractivity contribution in [3.05, 3.63) is 120 Å². The molecule has 0 spiro atoms. The second kappa shape index (κ2) is 16.3. The van der Waals surface area contributed by atoms with E-state index in [4.69, 9.17) is 14.2 Å². The van der Waals surface area contributed by atoms with Crippen molar-refractivity contribution in [3.63, 3.8) is 0 Å². The molecule has 9 heteroatoms. The Balaban J connectivity index is 1.27. The van der Waals surface area contributed by atoms with Gasteiger partial charge in [0.05, 0.1) is 35.2 Å². The first-order chi connectivity index (χ1) is 22.5. The van der Waals surface area contributed by atoms with E-state index in [1.54, 1.807) is 36.5 Å². The van der Waals surface area contributed by atoms with E-state index >= 15 is 0 Å². The number of aromatic nitrogens is 1. The summed E-state index contributed by atoms with van der Waals surface area (Å²) in [5.74, 6) is 0.331. The van der Waals surface area contributed by atoms with Crippen molar-refractivity contribution in [1.29, 1.82) is 0 Å². The molecule has 0 saturated carbocycles. The van der Waals surface area contributed by atoms with Gasteiger partial charge < -0.3 is 14.2 Å². The molecule has 8 nitrogen and oxygen atoms in total. The third-order valence-electron chi connectivity index (χ3n) is 6.96. The molecule has 234 valence electrons. The van der Waals surface area contributed by atoms with Crippen LogP contribution in [0.2, 0.25) is 0 Å². The monoisotopic (exact) mass is 633 g/mol. The van der Waals surface area contributed by atoms with Crippen LogP contribution in [0.15, 0.2) is 109 Å².